The van der Waals surface area contributed by atoms with Crippen LogP contribution < -0.4 is 16.1 Å². The van der Waals surface area contributed by atoms with Crippen LogP contribution in [0.25, 0.3) is 0 Å². The number of nitrogens with zero attached hydrogens (tertiary/aromatic N) is 1. The quantitative estimate of drug-likeness (QED) is 0.315. The highest BCUT2D eigenvalue weighted by molar-refractivity contribution is 6.38. The van der Waals surface area contributed by atoms with Gasteiger partial charge in [0.25, 0.3) is 11.8 Å². The first-order valence-electron chi connectivity index (χ1n) is 10.6. The third kappa shape index (κ3) is 3.74. The number of amides is 3. The minimum atomic E-state index is -3.28. The van der Waals surface area contributed by atoms with E-state index in [1.807, 2.05) is 0 Å². The molecule has 4 unspecified atom stereocenters. The van der Waals surface area contributed by atoms with Crippen molar-refractivity contribution in [1.82, 2.24) is 10.4 Å². The van der Waals surface area contributed by atoms with E-state index < -0.39 is 60.0 Å². The Morgan fingerprint density at radius 3 is 2.31 bits per heavy atom. The number of anilines is 2. The molecular formula is C22H16Cl4F2N4O4. The van der Waals surface area contributed by atoms with E-state index >= 15 is 0 Å². The second kappa shape index (κ2) is 8.68. The lowest BCUT2D eigenvalue weighted by molar-refractivity contribution is -0.146. The van der Waals surface area contributed by atoms with E-state index in [9.17, 15) is 28.4 Å². The molecule has 2 fully saturated rings. The van der Waals surface area contributed by atoms with Gasteiger partial charge < -0.3 is 10.6 Å². The first-order valence-corrected chi connectivity index (χ1v) is 12.1. The summed E-state index contributed by atoms with van der Waals surface area (Å²) < 4.78 is 29.6. The molecule has 1 spiro atoms. The summed E-state index contributed by atoms with van der Waals surface area (Å²) in [5.74, 6) is -9.22. The Morgan fingerprint density at radius 1 is 1.03 bits per heavy atom. The van der Waals surface area contributed by atoms with E-state index in [1.165, 1.54) is 35.8 Å². The molecule has 4 atom stereocenters. The first-order chi connectivity index (χ1) is 16.9. The van der Waals surface area contributed by atoms with Gasteiger partial charge >= 0.3 is 0 Å². The van der Waals surface area contributed by atoms with E-state index in [-0.39, 0.29) is 37.0 Å². The average molecular weight is 580 g/mol. The summed E-state index contributed by atoms with van der Waals surface area (Å²) in [5.41, 5.74) is -0.315. The fraction of sp³-hybridized carbons (Fsp3) is 0.318. The summed E-state index contributed by atoms with van der Waals surface area (Å²) in [6.45, 7) is -0.920. The van der Waals surface area contributed by atoms with Crippen molar-refractivity contribution in [3.8, 4) is 0 Å². The number of fused-ring (bicyclic) bond motifs is 4. The standard InChI is InChI=1S/C22H16Cl4F2N4O4/c23-8-1-9(24)3-11(2-8)29-18(33)15-14-6-21(27,28)7-32(14)22(16(15)19(34)31-36)12-4-10(25)5-13(26)17(12)30-20(22)35/h1-5,14-16,36H,6-7H2,(H,29,33)(H,30,35)(H,31,34). The number of alkyl halides is 2. The van der Waals surface area contributed by atoms with Gasteiger partial charge in [-0.25, -0.2) is 14.3 Å². The Bertz CT molecular complexity index is 1310. The van der Waals surface area contributed by atoms with E-state index in [4.69, 9.17) is 46.4 Å². The maximum atomic E-state index is 14.8. The van der Waals surface area contributed by atoms with Gasteiger partial charge in [-0.1, -0.05) is 46.4 Å². The molecule has 0 aromatic heterocycles. The van der Waals surface area contributed by atoms with Crippen molar-refractivity contribution in [3.05, 3.63) is 56.0 Å². The molecule has 14 heteroatoms. The van der Waals surface area contributed by atoms with E-state index in [0.29, 0.717) is 0 Å². The lowest BCUT2D eigenvalue weighted by Crippen LogP contribution is -2.56. The van der Waals surface area contributed by atoms with Gasteiger partial charge in [0.15, 0.2) is 0 Å². The molecule has 190 valence electrons. The molecule has 36 heavy (non-hydrogen) atoms. The Balaban J connectivity index is 1.70. The topological polar surface area (TPSA) is 111 Å². The Kier molecular flexibility index (Phi) is 6.13. The molecule has 2 aromatic carbocycles. The van der Waals surface area contributed by atoms with Crippen LogP contribution in [0.15, 0.2) is 30.3 Å². The number of hydrogen-bond donors (Lipinski definition) is 4. The summed E-state index contributed by atoms with van der Waals surface area (Å²) in [5, 5.41) is 15.2. The third-order valence-electron chi connectivity index (χ3n) is 6.86. The van der Waals surface area contributed by atoms with Crippen molar-refractivity contribution in [2.24, 2.45) is 11.8 Å². The van der Waals surface area contributed by atoms with Crippen molar-refractivity contribution >= 4 is 75.5 Å². The van der Waals surface area contributed by atoms with Crippen LogP contribution in [-0.2, 0) is 19.9 Å². The van der Waals surface area contributed by atoms with Gasteiger partial charge in [0.1, 0.15) is 5.54 Å². The molecule has 3 heterocycles. The van der Waals surface area contributed by atoms with E-state index in [0.717, 1.165) is 4.90 Å². The number of halogens is 6. The van der Waals surface area contributed by atoms with Crippen LogP contribution in [0.2, 0.25) is 20.1 Å². The second-order valence-corrected chi connectivity index (χ2v) is 10.6. The zero-order valence-corrected chi connectivity index (χ0v) is 20.9. The van der Waals surface area contributed by atoms with Gasteiger partial charge in [-0.15, -0.1) is 0 Å². The molecular weight excluding hydrogens is 564 g/mol. The van der Waals surface area contributed by atoms with Crippen molar-refractivity contribution in [2.75, 3.05) is 17.2 Å². The molecule has 3 aliphatic rings. The zero-order chi connectivity index (χ0) is 26.2. The minimum absolute atomic E-state index is 0.0230. The van der Waals surface area contributed by atoms with Gasteiger partial charge in [0, 0.05) is 38.8 Å². The van der Waals surface area contributed by atoms with Crippen molar-refractivity contribution in [1.29, 1.82) is 0 Å². The van der Waals surface area contributed by atoms with Crippen LogP contribution in [0.4, 0.5) is 20.2 Å². The fourth-order valence-corrected chi connectivity index (χ4v) is 6.81. The number of hydrogen-bond acceptors (Lipinski definition) is 5. The summed E-state index contributed by atoms with van der Waals surface area (Å²) >= 11 is 24.5. The molecule has 5 rings (SSSR count). The van der Waals surface area contributed by atoms with Crippen LogP contribution in [0.3, 0.4) is 0 Å². The molecule has 2 saturated heterocycles. The van der Waals surface area contributed by atoms with Gasteiger partial charge in [0.2, 0.25) is 11.8 Å². The van der Waals surface area contributed by atoms with Gasteiger partial charge in [-0.05, 0) is 30.3 Å². The molecule has 3 amide bonds. The maximum absolute atomic E-state index is 14.8. The first kappa shape index (κ1) is 25.4. The second-order valence-electron chi connectivity index (χ2n) is 8.91. The Labute approximate surface area is 222 Å². The van der Waals surface area contributed by atoms with Crippen molar-refractivity contribution in [2.45, 2.75) is 23.9 Å². The number of carbonyl (C=O) groups is 3. The predicted molar refractivity (Wildman–Crippen MR) is 129 cm³/mol. The zero-order valence-electron chi connectivity index (χ0n) is 17.9. The van der Waals surface area contributed by atoms with Gasteiger partial charge in [-0.2, -0.15) is 0 Å². The SMILES string of the molecule is O=C(Nc1cc(Cl)cc(Cl)c1)C1C2CC(F)(F)CN2C2(C(=O)Nc3c(Cl)cc(Cl)cc32)C1C(=O)NO. The molecule has 0 radical (unpaired) electrons. The van der Waals surface area contributed by atoms with Crippen molar-refractivity contribution in [3.63, 3.8) is 0 Å². The lowest BCUT2D eigenvalue weighted by Gasteiger charge is -2.36. The monoisotopic (exact) mass is 578 g/mol. The summed E-state index contributed by atoms with van der Waals surface area (Å²) in [7, 11) is 0. The number of hydroxylamine groups is 1. The smallest absolute Gasteiger partial charge is 0.262 e. The van der Waals surface area contributed by atoms with E-state index in [2.05, 4.69) is 10.6 Å². The Morgan fingerprint density at radius 2 is 1.67 bits per heavy atom. The molecule has 2 aromatic rings. The number of rotatable bonds is 3. The normalized spacial score (nSPS) is 28.1. The average Bonchev–Trinajstić information content (AvgIpc) is 3.33. The summed E-state index contributed by atoms with van der Waals surface area (Å²) in [6.07, 6.45) is -0.810. The number of carbonyl (C=O) groups excluding carboxylic acids is 3. The summed E-state index contributed by atoms with van der Waals surface area (Å²) in [6, 6.07) is 5.62. The largest absolute Gasteiger partial charge is 0.326 e. The minimum Gasteiger partial charge on any atom is -0.326 e. The molecule has 0 aliphatic carbocycles. The lowest BCUT2D eigenvalue weighted by atomic mass is 9.73. The van der Waals surface area contributed by atoms with Gasteiger partial charge in [0.05, 0.1) is 29.1 Å². The van der Waals surface area contributed by atoms with Crippen LogP contribution in [0, 0.1) is 11.8 Å². The number of nitrogens with one attached hydrogen (secondary N) is 3. The van der Waals surface area contributed by atoms with Crippen molar-refractivity contribution < 1.29 is 28.4 Å². The third-order valence-corrected chi connectivity index (χ3v) is 7.82. The molecule has 8 nitrogen and oxygen atoms in total. The van der Waals surface area contributed by atoms with Crippen LogP contribution in [0.5, 0.6) is 0 Å². The molecule has 0 saturated carbocycles. The Hall–Kier alpha value is -2.21. The maximum Gasteiger partial charge on any atom is 0.262 e. The summed E-state index contributed by atoms with van der Waals surface area (Å²) in [4.78, 5) is 41.5. The number of benzene rings is 2. The van der Waals surface area contributed by atoms with Crippen LogP contribution in [-0.4, -0.2) is 46.3 Å². The predicted octanol–water partition coefficient (Wildman–Crippen LogP) is 4.55. The van der Waals surface area contributed by atoms with Crippen LogP contribution >= 0.6 is 46.4 Å². The van der Waals surface area contributed by atoms with E-state index in [1.54, 1.807) is 0 Å². The molecule has 0 bridgehead atoms. The molecule has 3 aliphatic heterocycles. The highest BCUT2D eigenvalue weighted by Crippen LogP contribution is 2.61. The molecule has 4 N–H and O–H groups in total. The fourth-order valence-electron chi connectivity index (χ4n) is 5.74. The van der Waals surface area contributed by atoms with Crippen LogP contribution in [0.1, 0.15) is 12.0 Å². The van der Waals surface area contributed by atoms with Gasteiger partial charge in [-0.3, -0.25) is 24.5 Å². The highest BCUT2D eigenvalue weighted by Gasteiger charge is 2.74. The highest BCUT2D eigenvalue weighted by atomic mass is 35.5.